The first-order valence-corrected chi connectivity index (χ1v) is 13.7. The molecular formula is C20H31N3O6S2. The molecule has 0 aromatic heterocycles. The summed E-state index contributed by atoms with van der Waals surface area (Å²) in [5.74, 6) is 0.109. The number of ether oxygens (including phenoxy) is 1. The number of benzene rings is 1. The zero-order valence-electron chi connectivity index (χ0n) is 18.3. The maximum atomic E-state index is 13.1. The number of hydrogen-bond donors (Lipinski definition) is 1. The molecule has 11 heteroatoms. The van der Waals surface area contributed by atoms with Crippen molar-refractivity contribution in [2.75, 3.05) is 36.3 Å². The van der Waals surface area contributed by atoms with E-state index in [0.717, 1.165) is 6.42 Å². The number of rotatable bonds is 5. The van der Waals surface area contributed by atoms with Crippen LogP contribution in [0.15, 0.2) is 17.0 Å². The Bertz CT molecular complexity index is 1030. The van der Waals surface area contributed by atoms with Crippen LogP contribution in [0.2, 0.25) is 0 Å². The van der Waals surface area contributed by atoms with Gasteiger partial charge in [-0.1, -0.05) is 0 Å². The molecule has 0 spiro atoms. The van der Waals surface area contributed by atoms with Crippen LogP contribution < -0.4 is 9.03 Å². The molecule has 9 nitrogen and oxygen atoms in total. The number of likely N-dealkylation sites (tertiary alicyclic amines) is 1. The molecule has 2 saturated heterocycles. The van der Waals surface area contributed by atoms with Gasteiger partial charge in [-0.3, -0.25) is 4.31 Å². The Morgan fingerprint density at radius 1 is 1.13 bits per heavy atom. The highest BCUT2D eigenvalue weighted by Gasteiger charge is 2.31. The highest BCUT2D eigenvalue weighted by Crippen LogP contribution is 2.31. The SMILES string of the molecule is CCOC(=O)N1CCC(NS(=O)(=O)c2cc(C)c(N3CCCCS3(=O)=O)cc2C)CC1. The minimum Gasteiger partial charge on any atom is -0.450 e. The van der Waals surface area contributed by atoms with Crippen molar-refractivity contribution in [3.05, 3.63) is 23.3 Å². The van der Waals surface area contributed by atoms with Crippen molar-refractivity contribution >= 4 is 31.8 Å². The normalized spacial score (nSPS) is 20.0. The van der Waals surface area contributed by atoms with E-state index in [1.807, 2.05) is 0 Å². The van der Waals surface area contributed by atoms with Gasteiger partial charge in [0.25, 0.3) is 0 Å². The lowest BCUT2D eigenvalue weighted by atomic mass is 10.1. The van der Waals surface area contributed by atoms with Crippen molar-refractivity contribution < 1.29 is 26.4 Å². The summed E-state index contributed by atoms with van der Waals surface area (Å²) in [7, 11) is -7.17. The van der Waals surface area contributed by atoms with Crippen molar-refractivity contribution in [1.29, 1.82) is 0 Å². The number of nitrogens with one attached hydrogen (secondary N) is 1. The van der Waals surface area contributed by atoms with Crippen LogP contribution in [0.5, 0.6) is 0 Å². The number of nitrogens with zero attached hydrogens (tertiary/aromatic N) is 2. The Morgan fingerprint density at radius 2 is 1.81 bits per heavy atom. The largest absolute Gasteiger partial charge is 0.450 e. The van der Waals surface area contributed by atoms with Crippen LogP contribution in [-0.2, 0) is 24.8 Å². The van der Waals surface area contributed by atoms with Crippen LogP contribution in [0, 0.1) is 13.8 Å². The van der Waals surface area contributed by atoms with E-state index in [0.29, 0.717) is 62.3 Å². The summed E-state index contributed by atoms with van der Waals surface area (Å²) in [6.07, 6.45) is 2.05. The average molecular weight is 474 g/mol. The third kappa shape index (κ3) is 5.32. The van der Waals surface area contributed by atoms with Crippen molar-refractivity contribution in [2.45, 2.75) is 57.4 Å². The first-order valence-electron chi connectivity index (χ1n) is 10.6. The summed E-state index contributed by atoms with van der Waals surface area (Å²) in [5.41, 5.74) is 1.64. The molecule has 2 aliphatic rings. The standard InChI is InChI=1S/C20H31N3O6S2/c1-4-29-20(24)22-10-7-17(8-11-22)21-31(27,28)19-14-15(2)18(13-16(19)3)23-9-5-6-12-30(23,25)26/h13-14,17,21H,4-12H2,1-3H3. The van der Waals surface area contributed by atoms with Gasteiger partial charge in [0.2, 0.25) is 20.0 Å². The molecule has 0 saturated carbocycles. The molecule has 1 N–H and O–H groups in total. The second-order valence-corrected chi connectivity index (χ2v) is 11.8. The number of carbonyl (C=O) groups excluding carboxylic acids is 1. The molecule has 0 radical (unpaired) electrons. The lowest BCUT2D eigenvalue weighted by Gasteiger charge is -2.32. The van der Waals surface area contributed by atoms with Crippen molar-refractivity contribution in [2.24, 2.45) is 0 Å². The lowest BCUT2D eigenvalue weighted by molar-refractivity contribution is 0.0966. The Labute approximate surface area is 184 Å². The van der Waals surface area contributed by atoms with Gasteiger partial charge in [0.05, 0.1) is 22.9 Å². The average Bonchev–Trinajstić information content (AvgIpc) is 2.69. The second-order valence-electron chi connectivity index (χ2n) is 8.08. The molecular weight excluding hydrogens is 442 g/mol. The third-order valence-corrected chi connectivity index (χ3v) is 9.26. The number of amides is 1. The zero-order valence-corrected chi connectivity index (χ0v) is 19.9. The number of sulfonamides is 2. The smallest absolute Gasteiger partial charge is 0.409 e. The minimum absolute atomic E-state index is 0.109. The summed E-state index contributed by atoms with van der Waals surface area (Å²) in [6, 6.07) is 2.92. The lowest BCUT2D eigenvalue weighted by Crippen LogP contribution is -2.46. The number of anilines is 1. The van der Waals surface area contributed by atoms with Crippen LogP contribution in [-0.4, -0.2) is 65.9 Å². The Hall–Kier alpha value is -1.85. The van der Waals surface area contributed by atoms with Crippen LogP contribution >= 0.6 is 0 Å². The maximum absolute atomic E-state index is 13.1. The molecule has 0 atom stereocenters. The first-order chi connectivity index (χ1) is 14.5. The molecule has 1 amide bonds. The zero-order chi connectivity index (χ0) is 22.8. The fourth-order valence-electron chi connectivity index (χ4n) is 4.07. The number of aryl methyl sites for hydroxylation is 2. The summed E-state index contributed by atoms with van der Waals surface area (Å²) in [6.45, 7) is 6.72. The van der Waals surface area contributed by atoms with Gasteiger partial charge in [-0.05, 0) is 69.7 Å². The molecule has 31 heavy (non-hydrogen) atoms. The maximum Gasteiger partial charge on any atom is 0.409 e. The third-order valence-electron chi connectivity index (χ3n) is 5.74. The molecule has 1 aromatic carbocycles. The van der Waals surface area contributed by atoms with E-state index in [9.17, 15) is 21.6 Å². The summed E-state index contributed by atoms with van der Waals surface area (Å²) < 4.78 is 60.2. The Morgan fingerprint density at radius 3 is 2.42 bits per heavy atom. The van der Waals surface area contributed by atoms with Crippen LogP contribution in [0.3, 0.4) is 0 Å². The first kappa shape index (κ1) is 23.8. The molecule has 2 fully saturated rings. The monoisotopic (exact) mass is 473 g/mol. The van der Waals surface area contributed by atoms with Gasteiger partial charge in [-0.2, -0.15) is 0 Å². The highest BCUT2D eigenvalue weighted by atomic mass is 32.2. The van der Waals surface area contributed by atoms with E-state index >= 15 is 0 Å². The van der Waals surface area contributed by atoms with Gasteiger partial charge in [0, 0.05) is 25.7 Å². The summed E-state index contributed by atoms with van der Waals surface area (Å²) >= 11 is 0. The van der Waals surface area contributed by atoms with E-state index in [4.69, 9.17) is 4.74 Å². The predicted molar refractivity (Wildman–Crippen MR) is 118 cm³/mol. The van der Waals surface area contributed by atoms with E-state index in [2.05, 4.69) is 4.72 Å². The molecule has 2 aliphatic heterocycles. The van der Waals surface area contributed by atoms with Crippen molar-refractivity contribution in [1.82, 2.24) is 9.62 Å². The molecule has 2 heterocycles. The molecule has 0 unspecified atom stereocenters. The van der Waals surface area contributed by atoms with Gasteiger partial charge in [0.15, 0.2) is 0 Å². The fraction of sp³-hybridized carbons (Fsp3) is 0.650. The fourth-order valence-corrected chi connectivity index (χ4v) is 7.38. The molecule has 1 aromatic rings. The highest BCUT2D eigenvalue weighted by molar-refractivity contribution is 7.92. The Balaban J connectivity index is 1.75. The quantitative estimate of drug-likeness (QED) is 0.701. The van der Waals surface area contributed by atoms with E-state index in [-0.39, 0.29) is 22.8 Å². The van der Waals surface area contributed by atoms with Gasteiger partial charge < -0.3 is 9.64 Å². The van der Waals surface area contributed by atoms with Gasteiger partial charge >= 0.3 is 6.09 Å². The topological polar surface area (TPSA) is 113 Å². The Kier molecular flexibility index (Phi) is 7.17. The predicted octanol–water partition coefficient (Wildman–Crippen LogP) is 2.13. The second kappa shape index (κ2) is 9.33. The minimum atomic E-state index is -3.79. The van der Waals surface area contributed by atoms with Crippen molar-refractivity contribution in [3.63, 3.8) is 0 Å². The summed E-state index contributed by atoms with van der Waals surface area (Å²) in [5, 5.41) is 0. The number of piperidine rings is 1. The molecule has 174 valence electrons. The van der Waals surface area contributed by atoms with Crippen LogP contribution in [0.1, 0.15) is 43.7 Å². The van der Waals surface area contributed by atoms with Crippen LogP contribution in [0.25, 0.3) is 0 Å². The molecule has 3 rings (SSSR count). The summed E-state index contributed by atoms with van der Waals surface area (Å²) in [4.78, 5) is 13.5. The van der Waals surface area contributed by atoms with E-state index < -0.39 is 20.0 Å². The van der Waals surface area contributed by atoms with Gasteiger partial charge in [-0.15, -0.1) is 0 Å². The van der Waals surface area contributed by atoms with Gasteiger partial charge in [-0.25, -0.2) is 26.4 Å². The number of hydrogen-bond acceptors (Lipinski definition) is 6. The van der Waals surface area contributed by atoms with Crippen molar-refractivity contribution in [3.8, 4) is 0 Å². The number of carbonyl (C=O) groups is 1. The van der Waals surface area contributed by atoms with E-state index in [1.165, 1.54) is 4.31 Å². The molecule has 0 aliphatic carbocycles. The van der Waals surface area contributed by atoms with Gasteiger partial charge in [0.1, 0.15) is 0 Å². The van der Waals surface area contributed by atoms with Crippen LogP contribution in [0.4, 0.5) is 10.5 Å². The molecule has 0 bridgehead atoms. The van der Waals surface area contributed by atoms with E-state index in [1.54, 1.807) is 37.8 Å².